The van der Waals surface area contributed by atoms with E-state index in [2.05, 4.69) is 5.32 Å². The van der Waals surface area contributed by atoms with Gasteiger partial charge in [-0.05, 0) is 38.0 Å². The number of carbonyl (C=O) groups excluding carboxylic acids is 3. The minimum atomic E-state index is -0.610. The van der Waals surface area contributed by atoms with E-state index in [9.17, 15) is 18.8 Å². The lowest BCUT2D eigenvalue weighted by molar-refractivity contribution is -0.141. The van der Waals surface area contributed by atoms with Gasteiger partial charge in [-0.25, -0.2) is 9.18 Å². The van der Waals surface area contributed by atoms with E-state index in [0.717, 1.165) is 12.8 Å². The Morgan fingerprint density at radius 1 is 1.32 bits per heavy atom. The number of benzene rings is 1. The predicted molar refractivity (Wildman–Crippen MR) is 103 cm³/mol. The van der Waals surface area contributed by atoms with Crippen molar-refractivity contribution in [3.05, 3.63) is 46.9 Å². The maximum absolute atomic E-state index is 13.7. The highest BCUT2D eigenvalue weighted by molar-refractivity contribution is 5.97. The van der Waals surface area contributed by atoms with Gasteiger partial charge in [0.15, 0.2) is 0 Å². The van der Waals surface area contributed by atoms with Crippen LogP contribution in [0.15, 0.2) is 35.5 Å². The van der Waals surface area contributed by atoms with Crippen molar-refractivity contribution in [1.29, 1.82) is 0 Å². The maximum Gasteiger partial charge on any atom is 0.336 e. The average Bonchev–Trinajstić information content (AvgIpc) is 2.65. The van der Waals surface area contributed by atoms with Gasteiger partial charge < -0.3 is 15.0 Å². The van der Waals surface area contributed by atoms with Gasteiger partial charge in [0, 0.05) is 24.6 Å². The molecule has 28 heavy (non-hydrogen) atoms. The number of esters is 1. The van der Waals surface area contributed by atoms with E-state index in [0.29, 0.717) is 17.8 Å². The molecule has 152 valence electrons. The summed E-state index contributed by atoms with van der Waals surface area (Å²) in [5, 5.41) is 2.77. The highest BCUT2D eigenvalue weighted by Gasteiger charge is 2.37. The lowest BCUT2D eigenvalue weighted by Gasteiger charge is -2.34. The molecule has 0 aliphatic carbocycles. The molecule has 0 spiro atoms. The molecule has 1 aliphatic heterocycles. The fourth-order valence-electron chi connectivity index (χ4n) is 3.29. The second-order valence-electron chi connectivity index (χ2n) is 6.71. The van der Waals surface area contributed by atoms with Crippen LogP contribution in [0.25, 0.3) is 0 Å². The lowest BCUT2D eigenvalue weighted by atomic mass is 9.83. The van der Waals surface area contributed by atoms with Crippen LogP contribution >= 0.6 is 0 Å². The highest BCUT2D eigenvalue weighted by atomic mass is 19.1. The van der Waals surface area contributed by atoms with Crippen molar-refractivity contribution in [3.8, 4) is 0 Å². The maximum atomic E-state index is 13.7. The van der Waals surface area contributed by atoms with Crippen LogP contribution in [0.1, 0.15) is 51.5 Å². The van der Waals surface area contributed by atoms with Gasteiger partial charge >= 0.3 is 5.97 Å². The quantitative estimate of drug-likeness (QED) is 0.547. The molecule has 1 atom stereocenters. The zero-order valence-corrected chi connectivity index (χ0v) is 16.6. The average molecular weight is 390 g/mol. The standard InChI is InChI=1S/C21H27FN2O4/c1-4-6-10-23-18(25)13-24-14(3)20(21(27)28-5-2)17(12-19(24)26)15-8-7-9-16(22)11-15/h7-9,11,17H,4-6,10,12-13H2,1-3H3,(H,23,25)/t17-/m0/s1. The Bertz CT molecular complexity index is 775. The summed E-state index contributed by atoms with van der Waals surface area (Å²) < 4.78 is 18.9. The Morgan fingerprint density at radius 2 is 2.07 bits per heavy atom. The molecule has 1 aromatic rings. The van der Waals surface area contributed by atoms with Crippen molar-refractivity contribution < 1.29 is 23.5 Å². The van der Waals surface area contributed by atoms with Gasteiger partial charge in [0.25, 0.3) is 0 Å². The molecule has 0 bridgehead atoms. The Labute approximate surface area is 164 Å². The van der Waals surface area contributed by atoms with Crippen LogP contribution in [0, 0.1) is 5.82 Å². The van der Waals surface area contributed by atoms with Gasteiger partial charge in [-0.15, -0.1) is 0 Å². The molecular formula is C21H27FN2O4. The van der Waals surface area contributed by atoms with E-state index >= 15 is 0 Å². The number of halogens is 1. The summed E-state index contributed by atoms with van der Waals surface area (Å²) in [6.45, 7) is 5.89. The number of nitrogens with zero attached hydrogens (tertiary/aromatic N) is 1. The number of ether oxygens (including phenoxy) is 1. The first-order chi connectivity index (χ1) is 13.4. The lowest BCUT2D eigenvalue weighted by Crippen LogP contribution is -2.44. The third-order valence-corrected chi connectivity index (χ3v) is 4.72. The first kappa shape index (κ1) is 21.6. The van der Waals surface area contributed by atoms with Crippen LogP contribution in [-0.2, 0) is 19.1 Å². The molecule has 0 fully saturated rings. The topological polar surface area (TPSA) is 75.7 Å². The first-order valence-electron chi connectivity index (χ1n) is 9.59. The summed E-state index contributed by atoms with van der Waals surface area (Å²) in [4.78, 5) is 38.8. The normalized spacial score (nSPS) is 16.9. The number of nitrogens with one attached hydrogen (secondary N) is 1. The van der Waals surface area contributed by atoms with Crippen molar-refractivity contribution in [1.82, 2.24) is 10.2 Å². The molecule has 2 amide bonds. The van der Waals surface area contributed by atoms with Crippen LogP contribution in [-0.4, -0.2) is 42.4 Å². The molecule has 0 saturated heterocycles. The summed E-state index contributed by atoms with van der Waals surface area (Å²) in [6.07, 6.45) is 1.77. The number of hydrogen-bond acceptors (Lipinski definition) is 4. The Hall–Kier alpha value is -2.70. The van der Waals surface area contributed by atoms with Gasteiger partial charge in [0.1, 0.15) is 12.4 Å². The van der Waals surface area contributed by atoms with Crippen LogP contribution in [0.5, 0.6) is 0 Å². The third kappa shape index (κ3) is 5.18. The number of hydrogen-bond donors (Lipinski definition) is 1. The predicted octanol–water partition coefficient (Wildman–Crippen LogP) is 2.90. The van der Waals surface area contributed by atoms with Gasteiger partial charge in [-0.1, -0.05) is 25.5 Å². The number of amides is 2. The molecule has 0 aromatic heterocycles. The molecule has 0 unspecified atom stereocenters. The Balaban J connectivity index is 2.35. The van der Waals surface area contributed by atoms with Gasteiger partial charge in [0.05, 0.1) is 12.2 Å². The van der Waals surface area contributed by atoms with Crippen LogP contribution in [0.2, 0.25) is 0 Å². The van der Waals surface area contributed by atoms with E-state index in [1.54, 1.807) is 26.0 Å². The zero-order chi connectivity index (χ0) is 20.7. The van der Waals surface area contributed by atoms with Crippen LogP contribution < -0.4 is 5.32 Å². The SMILES string of the molecule is CCCCNC(=O)CN1C(=O)C[C@@H](c2cccc(F)c2)C(C(=O)OCC)=C1C. The summed E-state index contributed by atoms with van der Waals surface area (Å²) in [6, 6.07) is 5.85. The molecule has 6 nitrogen and oxygen atoms in total. The molecule has 1 aliphatic rings. The van der Waals surface area contributed by atoms with Crippen molar-refractivity contribution in [2.45, 2.75) is 46.0 Å². The van der Waals surface area contributed by atoms with Crippen molar-refractivity contribution >= 4 is 17.8 Å². The third-order valence-electron chi connectivity index (χ3n) is 4.72. The van der Waals surface area contributed by atoms with E-state index in [4.69, 9.17) is 4.74 Å². The molecular weight excluding hydrogens is 363 g/mol. The van der Waals surface area contributed by atoms with E-state index in [-0.39, 0.29) is 37.0 Å². The largest absolute Gasteiger partial charge is 0.463 e. The number of unbranched alkanes of at least 4 members (excludes halogenated alkanes) is 1. The summed E-state index contributed by atoms with van der Waals surface area (Å²) in [5.74, 6) is -2.18. The van der Waals surface area contributed by atoms with Crippen LogP contribution in [0.3, 0.4) is 0 Å². The summed E-state index contributed by atoms with van der Waals surface area (Å²) in [5.41, 5.74) is 1.19. The minimum absolute atomic E-state index is 0.0306. The first-order valence-corrected chi connectivity index (χ1v) is 9.59. The minimum Gasteiger partial charge on any atom is -0.463 e. The second-order valence-corrected chi connectivity index (χ2v) is 6.71. The summed E-state index contributed by atoms with van der Waals surface area (Å²) >= 11 is 0. The van der Waals surface area contributed by atoms with Gasteiger partial charge in [0.2, 0.25) is 11.8 Å². The second kappa shape index (κ2) is 10.0. The number of allylic oxidation sites excluding steroid dienone is 1. The zero-order valence-electron chi connectivity index (χ0n) is 16.6. The number of rotatable bonds is 8. The van der Waals surface area contributed by atoms with Crippen molar-refractivity contribution in [2.24, 2.45) is 0 Å². The molecule has 0 radical (unpaired) electrons. The molecule has 2 rings (SSSR count). The fourth-order valence-corrected chi connectivity index (χ4v) is 3.29. The van der Waals surface area contributed by atoms with E-state index in [1.807, 2.05) is 6.92 Å². The van der Waals surface area contributed by atoms with Crippen LogP contribution in [0.4, 0.5) is 4.39 Å². The van der Waals surface area contributed by atoms with Crippen molar-refractivity contribution in [3.63, 3.8) is 0 Å². The highest BCUT2D eigenvalue weighted by Crippen LogP contribution is 2.37. The molecule has 1 N–H and O–H groups in total. The van der Waals surface area contributed by atoms with E-state index < -0.39 is 17.7 Å². The molecule has 1 aromatic carbocycles. The molecule has 0 saturated carbocycles. The molecule has 7 heteroatoms. The summed E-state index contributed by atoms with van der Waals surface area (Å²) in [7, 11) is 0. The monoisotopic (exact) mass is 390 g/mol. The Kier molecular flexibility index (Phi) is 7.72. The smallest absolute Gasteiger partial charge is 0.336 e. The van der Waals surface area contributed by atoms with Crippen molar-refractivity contribution in [2.75, 3.05) is 19.7 Å². The van der Waals surface area contributed by atoms with Gasteiger partial charge in [-0.3, -0.25) is 9.59 Å². The fraction of sp³-hybridized carbons (Fsp3) is 0.476. The van der Waals surface area contributed by atoms with E-state index in [1.165, 1.54) is 17.0 Å². The molecule has 1 heterocycles. The number of carbonyl (C=O) groups is 3. The Morgan fingerprint density at radius 3 is 2.71 bits per heavy atom. The van der Waals surface area contributed by atoms with Gasteiger partial charge in [-0.2, -0.15) is 0 Å².